The Balaban J connectivity index is 0.944. The van der Waals surface area contributed by atoms with E-state index >= 15 is 0 Å². The highest BCUT2D eigenvalue weighted by atomic mass is 15.0. The van der Waals surface area contributed by atoms with Crippen LogP contribution in [0.25, 0.3) is 123 Å². The molecule has 0 amide bonds. The van der Waals surface area contributed by atoms with E-state index in [1.54, 1.807) is 0 Å². The van der Waals surface area contributed by atoms with Crippen molar-refractivity contribution in [3.05, 3.63) is 236 Å². The lowest BCUT2D eigenvalue weighted by atomic mass is 10.1. The maximum atomic E-state index is 10.9. The van der Waals surface area contributed by atoms with Crippen molar-refractivity contribution >= 4 is 43.6 Å². The van der Waals surface area contributed by atoms with E-state index in [2.05, 4.69) is 118 Å². The highest BCUT2D eigenvalue weighted by Gasteiger charge is 2.21. The quantitative estimate of drug-likeness (QED) is 0.151. The molecule has 4 aromatic heterocycles. The Hall–Kier alpha value is -9.84. The van der Waals surface area contributed by atoms with Crippen LogP contribution in [0.3, 0.4) is 0 Å². The number of aromatic nitrogens is 7. The summed E-state index contributed by atoms with van der Waals surface area (Å²) >= 11 is 0. The lowest BCUT2D eigenvalue weighted by molar-refractivity contribution is 1.07. The molecule has 0 spiro atoms. The van der Waals surface area contributed by atoms with Crippen LogP contribution in [0.4, 0.5) is 0 Å². The van der Waals surface area contributed by atoms with E-state index in [0.717, 1.165) is 99.8 Å². The van der Waals surface area contributed by atoms with Crippen molar-refractivity contribution in [2.45, 2.75) is 0 Å². The third-order valence-electron chi connectivity index (χ3n) is 13.0. The summed E-state index contributed by atoms with van der Waals surface area (Å²) in [7, 11) is 0. The molecule has 13 aromatic rings. The van der Waals surface area contributed by atoms with Crippen molar-refractivity contribution < 1.29 is 0 Å². The first-order valence-corrected chi connectivity index (χ1v) is 23.1. The molecular weight excluding hydrogens is 857 g/mol. The second-order valence-corrected chi connectivity index (χ2v) is 17.2. The Morgan fingerprint density at radius 2 is 0.700 bits per heavy atom. The van der Waals surface area contributed by atoms with Crippen LogP contribution in [0.15, 0.2) is 231 Å². The van der Waals surface area contributed by atoms with Crippen molar-refractivity contribution in [2.24, 2.45) is 0 Å². The molecule has 0 N–H and O–H groups in total. The second kappa shape index (κ2) is 16.8. The summed E-state index contributed by atoms with van der Waals surface area (Å²) in [4.78, 5) is 24.9. The minimum Gasteiger partial charge on any atom is -0.309 e. The first-order valence-electron chi connectivity index (χ1n) is 23.1. The van der Waals surface area contributed by atoms with Gasteiger partial charge in [0.25, 0.3) is 0 Å². The van der Waals surface area contributed by atoms with Gasteiger partial charge in [0, 0.05) is 60.6 Å². The van der Waals surface area contributed by atoms with Gasteiger partial charge in [-0.15, -0.1) is 0 Å². The Labute approximate surface area is 402 Å². The average molecular weight is 895 g/mol. The zero-order valence-corrected chi connectivity index (χ0v) is 37.5. The van der Waals surface area contributed by atoms with Crippen LogP contribution in [-0.2, 0) is 0 Å². The largest absolute Gasteiger partial charge is 0.309 e. The third-order valence-corrected chi connectivity index (χ3v) is 13.0. The van der Waals surface area contributed by atoms with Gasteiger partial charge >= 0.3 is 0 Å². The number of nitrogens with zero attached hydrogens (tertiary/aromatic N) is 8. The molecule has 0 aliphatic carbocycles. The van der Waals surface area contributed by atoms with Crippen LogP contribution in [0, 0.1) is 11.3 Å². The highest BCUT2D eigenvalue weighted by molar-refractivity contribution is 6.19. The molecule has 0 bridgehead atoms. The van der Waals surface area contributed by atoms with Gasteiger partial charge in [-0.25, -0.2) is 24.9 Å². The molecule has 13 rings (SSSR count). The van der Waals surface area contributed by atoms with Gasteiger partial charge in [0.05, 0.1) is 44.7 Å². The van der Waals surface area contributed by atoms with Crippen LogP contribution < -0.4 is 0 Å². The number of fused-ring (bicyclic) bond motifs is 6. The van der Waals surface area contributed by atoms with Gasteiger partial charge in [0.2, 0.25) is 0 Å². The van der Waals surface area contributed by atoms with Crippen LogP contribution >= 0.6 is 0 Å². The van der Waals surface area contributed by atoms with Crippen LogP contribution in [0.5, 0.6) is 0 Å². The van der Waals surface area contributed by atoms with Crippen LogP contribution in [-0.4, -0.2) is 34.1 Å². The number of rotatable bonds is 8. The number of hydrogen-bond acceptors (Lipinski definition) is 6. The first kappa shape index (κ1) is 40.4. The second-order valence-electron chi connectivity index (χ2n) is 17.2. The molecule has 8 heteroatoms. The van der Waals surface area contributed by atoms with Crippen LogP contribution in [0.1, 0.15) is 5.56 Å². The van der Waals surface area contributed by atoms with E-state index in [9.17, 15) is 5.26 Å². The van der Waals surface area contributed by atoms with Crippen molar-refractivity contribution in [1.82, 2.24) is 34.1 Å². The molecular formula is C62H38N8. The van der Waals surface area contributed by atoms with Gasteiger partial charge < -0.3 is 9.13 Å². The van der Waals surface area contributed by atoms with Gasteiger partial charge in [0.1, 0.15) is 6.07 Å². The number of nitriles is 1. The Kier molecular flexibility index (Phi) is 9.70. The van der Waals surface area contributed by atoms with E-state index in [1.165, 1.54) is 0 Å². The van der Waals surface area contributed by atoms with E-state index in [0.29, 0.717) is 28.9 Å². The van der Waals surface area contributed by atoms with Gasteiger partial charge in [-0.2, -0.15) is 5.26 Å². The molecule has 0 aliphatic rings. The molecule has 0 unspecified atom stereocenters. The molecule has 9 aromatic carbocycles. The van der Waals surface area contributed by atoms with E-state index in [4.69, 9.17) is 24.9 Å². The molecule has 8 nitrogen and oxygen atoms in total. The Bertz CT molecular complexity index is 4040. The Morgan fingerprint density at radius 1 is 0.300 bits per heavy atom. The van der Waals surface area contributed by atoms with E-state index in [1.807, 2.05) is 127 Å². The summed E-state index contributed by atoms with van der Waals surface area (Å²) in [6, 6.07) is 81.0. The summed E-state index contributed by atoms with van der Waals surface area (Å²) < 4.78 is 4.57. The van der Waals surface area contributed by atoms with Gasteiger partial charge in [0.15, 0.2) is 23.3 Å². The zero-order chi connectivity index (χ0) is 46.5. The predicted molar refractivity (Wildman–Crippen MR) is 281 cm³/mol. The summed E-state index contributed by atoms with van der Waals surface area (Å²) in [5.74, 6) is 2.30. The van der Waals surface area contributed by atoms with Crippen molar-refractivity contribution in [3.8, 4) is 85.5 Å². The monoisotopic (exact) mass is 894 g/mol. The van der Waals surface area contributed by atoms with Crippen molar-refractivity contribution in [1.29, 1.82) is 5.26 Å². The molecule has 0 atom stereocenters. The molecule has 0 saturated carbocycles. The predicted octanol–water partition coefficient (Wildman–Crippen LogP) is 14.7. The minimum absolute atomic E-state index is 0.492. The average Bonchev–Trinajstić information content (AvgIpc) is 3.94. The number of hydrogen-bond donors (Lipinski definition) is 0. The SMILES string of the molecule is N#Cc1cc(-c2nc(-c3ccccc3)nc(-c3ccccc3)n2)ccc1-n1c2ccccc2c2cc3c(cc21)c1ccccc1n3-c1ccc(-c2cc(-c3ccccc3)nc(-c3ccccc3)n2)cc1. The van der Waals surface area contributed by atoms with Crippen LogP contribution in [0.2, 0.25) is 0 Å². The maximum Gasteiger partial charge on any atom is 0.164 e. The smallest absolute Gasteiger partial charge is 0.164 e. The van der Waals surface area contributed by atoms with Crippen molar-refractivity contribution in [3.63, 3.8) is 0 Å². The standard InChI is InChI=1S/C62H38N8/c63-39-46-35-45(62-67-60(43-21-9-3-10-22-43)66-61(68-62)44-23-11-4-12-24-44)31-34-54(46)70-56-28-16-14-26-49(56)51-36-57-50(37-58(51)70)48-25-13-15-27-55(48)69(57)47-32-29-41(30-33-47)53-38-52(40-17-5-1-6-18-40)64-59(65-53)42-19-7-2-8-20-42/h1-38H. The fourth-order valence-corrected chi connectivity index (χ4v) is 9.72. The Morgan fingerprint density at radius 3 is 1.21 bits per heavy atom. The number of para-hydroxylation sites is 2. The lowest BCUT2D eigenvalue weighted by Gasteiger charge is -2.13. The fourth-order valence-electron chi connectivity index (χ4n) is 9.72. The summed E-state index contributed by atoms with van der Waals surface area (Å²) in [5.41, 5.74) is 13.7. The third kappa shape index (κ3) is 6.97. The molecule has 0 saturated heterocycles. The fraction of sp³-hybridized carbons (Fsp3) is 0. The summed E-state index contributed by atoms with van der Waals surface area (Å²) in [6.07, 6.45) is 0. The molecule has 326 valence electrons. The normalized spacial score (nSPS) is 11.4. The molecule has 0 aliphatic heterocycles. The first-order chi connectivity index (χ1) is 34.6. The summed E-state index contributed by atoms with van der Waals surface area (Å²) in [5, 5.41) is 15.3. The van der Waals surface area contributed by atoms with Crippen molar-refractivity contribution in [2.75, 3.05) is 0 Å². The molecule has 0 fully saturated rings. The lowest BCUT2D eigenvalue weighted by Crippen LogP contribution is -2.02. The minimum atomic E-state index is 0.492. The highest BCUT2D eigenvalue weighted by Crippen LogP contribution is 2.41. The maximum absolute atomic E-state index is 10.9. The topological polar surface area (TPSA) is 98.1 Å². The molecule has 4 heterocycles. The molecule has 70 heavy (non-hydrogen) atoms. The van der Waals surface area contributed by atoms with E-state index < -0.39 is 0 Å². The molecule has 0 radical (unpaired) electrons. The zero-order valence-electron chi connectivity index (χ0n) is 37.5. The van der Waals surface area contributed by atoms with E-state index in [-0.39, 0.29) is 0 Å². The summed E-state index contributed by atoms with van der Waals surface area (Å²) in [6.45, 7) is 0. The van der Waals surface area contributed by atoms with Gasteiger partial charge in [-0.05, 0) is 60.7 Å². The number of benzene rings is 9. The van der Waals surface area contributed by atoms with Gasteiger partial charge in [-0.1, -0.05) is 170 Å². The van der Waals surface area contributed by atoms with Gasteiger partial charge in [-0.3, -0.25) is 0 Å².